The molecule has 1 aromatic rings. The third-order valence-corrected chi connectivity index (χ3v) is 5.93. The summed E-state index contributed by atoms with van der Waals surface area (Å²) in [7, 11) is -3.79. The van der Waals surface area contributed by atoms with Crippen molar-refractivity contribution in [3.8, 4) is 6.07 Å². The van der Waals surface area contributed by atoms with Crippen LogP contribution in [0.1, 0.15) is 12.5 Å². The Bertz CT molecular complexity index is 752. The van der Waals surface area contributed by atoms with Crippen molar-refractivity contribution in [2.24, 2.45) is 0 Å². The number of carbonyl (C=O) groups is 1. The quantitative estimate of drug-likeness (QED) is 0.821. The van der Waals surface area contributed by atoms with Gasteiger partial charge in [-0.05, 0) is 25.1 Å². The van der Waals surface area contributed by atoms with Crippen molar-refractivity contribution in [3.05, 3.63) is 28.8 Å². The standard InChI is InChI=1S/C15H19ClN4O3S/c1-2-18-15(21)11-19-5-7-20(8-6-19)24(22,23)14-9-13(16)4-3-12(14)10-17/h3-4,9H,2,5-8,11H2,1H3,(H,18,21). The lowest BCUT2D eigenvalue weighted by Crippen LogP contribution is -2.51. The van der Waals surface area contributed by atoms with Crippen molar-refractivity contribution >= 4 is 27.5 Å². The van der Waals surface area contributed by atoms with E-state index in [-0.39, 0.29) is 41.0 Å². The Hall–Kier alpha value is -1.66. The number of nitriles is 1. The van der Waals surface area contributed by atoms with Crippen molar-refractivity contribution in [1.29, 1.82) is 5.26 Å². The number of carbonyl (C=O) groups excluding carboxylic acids is 1. The first-order chi connectivity index (χ1) is 11.4. The molecule has 1 heterocycles. The zero-order valence-corrected chi connectivity index (χ0v) is 14.9. The fraction of sp³-hybridized carbons (Fsp3) is 0.467. The summed E-state index contributed by atoms with van der Waals surface area (Å²) in [5.41, 5.74) is 0.0733. The second-order valence-electron chi connectivity index (χ2n) is 5.39. The largest absolute Gasteiger partial charge is 0.355 e. The van der Waals surface area contributed by atoms with Gasteiger partial charge in [-0.15, -0.1) is 0 Å². The molecule has 0 saturated carbocycles. The molecule has 0 bridgehead atoms. The minimum absolute atomic E-state index is 0.0733. The number of hydrogen-bond donors (Lipinski definition) is 1. The topological polar surface area (TPSA) is 93.5 Å². The number of benzene rings is 1. The molecule has 2 rings (SSSR count). The van der Waals surface area contributed by atoms with Gasteiger partial charge in [0, 0.05) is 37.7 Å². The van der Waals surface area contributed by atoms with Crippen LogP contribution in [-0.2, 0) is 14.8 Å². The second kappa shape index (κ2) is 7.94. The summed E-state index contributed by atoms with van der Waals surface area (Å²) in [5.74, 6) is -0.0737. The maximum atomic E-state index is 12.8. The van der Waals surface area contributed by atoms with E-state index in [1.807, 2.05) is 17.9 Å². The molecule has 7 nitrogen and oxygen atoms in total. The molecule has 24 heavy (non-hydrogen) atoms. The van der Waals surface area contributed by atoms with Gasteiger partial charge in [0.2, 0.25) is 15.9 Å². The molecular formula is C15H19ClN4O3S. The maximum absolute atomic E-state index is 12.8. The van der Waals surface area contributed by atoms with E-state index in [1.165, 1.54) is 22.5 Å². The van der Waals surface area contributed by atoms with E-state index in [0.29, 0.717) is 19.6 Å². The number of halogens is 1. The van der Waals surface area contributed by atoms with Crippen LogP contribution >= 0.6 is 11.6 Å². The summed E-state index contributed by atoms with van der Waals surface area (Å²) >= 11 is 5.88. The number of amides is 1. The van der Waals surface area contributed by atoms with Crippen LogP contribution in [0.3, 0.4) is 0 Å². The lowest BCUT2D eigenvalue weighted by atomic mass is 10.2. The Labute approximate surface area is 146 Å². The highest BCUT2D eigenvalue weighted by atomic mass is 35.5. The van der Waals surface area contributed by atoms with Crippen molar-refractivity contribution in [1.82, 2.24) is 14.5 Å². The molecule has 1 saturated heterocycles. The summed E-state index contributed by atoms with van der Waals surface area (Å²) < 4.78 is 26.9. The predicted molar refractivity (Wildman–Crippen MR) is 90.0 cm³/mol. The van der Waals surface area contributed by atoms with Crippen LogP contribution < -0.4 is 5.32 Å². The van der Waals surface area contributed by atoms with E-state index in [4.69, 9.17) is 16.9 Å². The molecule has 0 radical (unpaired) electrons. The van der Waals surface area contributed by atoms with Crippen LogP contribution in [0, 0.1) is 11.3 Å². The van der Waals surface area contributed by atoms with Gasteiger partial charge < -0.3 is 5.32 Å². The molecule has 9 heteroatoms. The third kappa shape index (κ3) is 4.24. The monoisotopic (exact) mass is 370 g/mol. The minimum atomic E-state index is -3.79. The van der Waals surface area contributed by atoms with E-state index >= 15 is 0 Å². The SMILES string of the molecule is CCNC(=O)CN1CCN(S(=O)(=O)c2cc(Cl)ccc2C#N)CC1. The molecule has 130 valence electrons. The number of likely N-dealkylation sites (N-methyl/N-ethyl adjacent to an activating group) is 1. The molecule has 1 aliphatic heterocycles. The Morgan fingerprint density at radius 1 is 1.33 bits per heavy atom. The number of sulfonamides is 1. The van der Waals surface area contributed by atoms with Crippen molar-refractivity contribution in [3.63, 3.8) is 0 Å². The summed E-state index contributed by atoms with van der Waals surface area (Å²) in [6.45, 7) is 4.11. The van der Waals surface area contributed by atoms with Crippen molar-refractivity contribution in [2.45, 2.75) is 11.8 Å². The highest BCUT2D eigenvalue weighted by Crippen LogP contribution is 2.24. The van der Waals surface area contributed by atoms with Crippen LogP contribution in [0.4, 0.5) is 0 Å². The van der Waals surface area contributed by atoms with Gasteiger partial charge >= 0.3 is 0 Å². The predicted octanol–water partition coefficient (Wildman–Crippen LogP) is 0.654. The van der Waals surface area contributed by atoms with Gasteiger partial charge in [-0.2, -0.15) is 9.57 Å². The first-order valence-corrected chi connectivity index (χ1v) is 9.39. The van der Waals surface area contributed by atoms with E-state index in [0.717, 1.165) is 0 Å². The van der Waals surface area contributed by atoms with Crippen LogP contribution in [0.25, 0.3) is 0 Å². The van der Waals surface area contributed by atoms with Gasteiger partial charge in [-0.1, -0.05) is 11.6 Å². The highest BCUT2D eigenvalue weighted by Gasteiger charge is 2.31. The number of piperazine rings is 1. The van der Waals surface area contributed by atoms with Crippen LogP contribution in [0.5, 0.6) is 0 Å². The van der Waals surface area contributed by atoms with Crippen molar-refractivity contribution < 1.29 is 13.2 Å². The Morgan fingerprint density at radius 3 is 2.58 bits per heavy atom. The molecule has 1 aliphatic rings. The summed E-state index contributed by atoms with van der Waals surface area (Å²) in [4.78, 5) is 13.4. The Kier molecular flexibility index (Phi) is 6.18. The molecule has 1 N–H and O–H groups in total. The Balaban J connectivity index is 2.10. The number of nitrogens with zero attached hydrogens (tertiary/aromatic N) is 3. The number of rotatable bonds is 5. The third-order valence-electron chi connectivity index (χ3n) is 3.75. The number of hydrogen-bond acceptors (Lipinski definition) is 5. The first-order valence-electron chi connectivity index (χ1n) is 7.57. The van der Waals surface area contributed by atoms with Gasteiger partial charge in [0.1, 0.15) is 11.0 Å². The molecule has 0 atom stereocenters. The molecular weight excluding hydrogens is 352 g/mol. The molecule has 1 fully saturated rings. The van der Waals surface area contributed by atoms with Crippen LogP contribution in [-0.4, -0.2) is 62.8 Å². The smallest absolute Gasteiger partial charge is 0.244 e. The molecule has 1 amide bonds. The van der Waals surface area contributed by atoms with Gasteiger partial charge in [0.05, 0.1) is 12.1 Å². The van der Waals surface area contributed by atoms with Gasteiger partial charge in [-0.3, -0.25) is 9.69 Å². The lowest BCUT2D eigenvalue weighted by Gasteiger charge is -2.33. The van der Waals surface area contributed by atoms with Crippen LogP contribution in [0.15, 0.2) is 23.1 Å². The Morgan fingerprint density at radius 2 is 2.00 bits per heavy atom. The van der Waals surface area contributed by atoms with Gasteiger partial charge in [0.25, 0.3) is 0 Å². The maximum Gasteiger partial charge on any atom is 0.244 e. The molecule has 0 aromatic heterocycles. The zero-order chi connectivity index (χ0) is 17.7. The highest BCUT2D eigenvalue weighted by molar-refractivity contribution is 7.89. The molecule has 0 spiro atoms. The van der Waals surface area contributed by atoms with E-state index in [2.05, 4.69) is 5.32 Å². The van der Waals surface area contributed by atoms with E-state index < -0.39 is 10.0 Å². The zero-order valence-electron chi connectivity index (χ0n) is 13.3. The lowest BCUT2D eigenvalue weighted by molar-refractivity contribution is -0.122. The summed E-state index contributed by atoms with van der Waals surface area (Å²) in [6.07, 6.45) is 0. The summed E-state index contributed by atoms with van der Waals surface area (Å²) in [6, 6.07) is 6.08. The van der Waals surface area contributed by atoms with Gasteiger partial charge in [0.15, 0.2) is 0 Å². The summed E-state index contributed by atoms with van der Waals surface area (Å²) in [5, 5.41) is 12.1. The van der Waals surface area contributed by atoms with E-state index in [9.17, 15) is 13.2 Å². The number of nitrogens with one attached hydrogen (secondary N) is 1. The van der Waals surface area contributed by atoms with Crippen molar-refractivity contribution in [2.75, 3.05) is 39.3 Å². The normalized spacial score (nSPS) is 16.5. The van der Waals surface area contributed by atoms with E-state index in [1.54, 1.807) is 0 Å². The fourth-order valence-corrected chi connectivity index (χ4v) is 4.35. The second-order valence-corrected chi connectivity index (χ2v) is 7.73. The fourth-order valence-electron chi connectivity index (χ4n) is 2.53. The van der Waals surface area contributed by atoms with Gasteiger partial charge in [-0.25, -0.2) is 8.42 Å². The molecule has 0 aliphatic carbocycles. The first kappa shape index (κ1) is 18.7. The average Bonchev–Trinajstić information content (AvgIpc) is 2.55. The molecule has 0 unspecified atom stereocenters. The average molecular weight is 371 g/mol. The molecule has 1 aromatic carbocycles. The minimum Gasteiger partial charge on any atom is -0.355 e. The van der Waals surface area contributed by atoms with Crippen LogP contribution in [0.2, 0.25) is 5.02 Å².